The molecule has 0 bridgehead atoms. The molecule has 3 N–H and O–H groups in total. The van der Waals surface area contributed by atoms with Crippen molar-refractivity contribution in [1.82, 2.24) is 4.98 Å². The summed E-state index contributed by atoms with van der Waals surface area (Å²) in [4.78, 5) is 18.1. The number of halogens is 1. The molecule has 20 heavy (non-hydrogen) atoms. The maximum atomic E-state index is 12.3. The van der Waals surface area contributed by atoms with E-state index in [9.17, 15) is 4.79 Å². The Kier molecular flexibility index (Phi) is 4.10. The standard InChI is InChI=1S/C14H15ClN4O/c1-19(2)12-5-3-9(16)7-11(12)14(20)18-10-4-6-13(15)17-8-10/h3-8H,16H2,1-2H3,(H,18,20). The molecule has 0 atom stereocenters. The zero-order valence-corrected chi connectivity index (χ0v) is 12.0. The predicted octanol–water partition coefficient (Wildman–Crippen LogP) is 2.64. The SMILES string of the molecule is CN(C)c1ccc(N)cc1C(=O)Nc1ccc(Cl)nc1. The van der Waals surface area contributed by atoms with E-state index < -0.39 is 0 Å². The first-order valence-electron chi connectivity index (χ1n) is 5.97. The highest BCUT2D eigenvalue weighted by molar-refractivity contribution is 6.29. The molecule has 1 aromatic heterocycles. The van der Waals surface area contributed by atoms with Crippen LogP contribution in [-0.2, 0) is 0 Å². The normalized spacial score (nSPS) is 10.2. The Labute approximate surface area is 122 Å². The smallest absolute Gasteiger partial charge is 0.257 e. The van der Waals surface area contributed by atoms with Crippen LogP contribution < -0.4 is 16.0 Å². The summed E-state index contributed by atoms with van der Waals surface area (Å²) in [6.07, 6.45) is 1.50. The number of nitrogens with zero attached hydrogens (tertiary/aromatic N) is 2. The molecule has 0 aliphatic carbocycles. The Hall–Kier alpha value is -2.27. The van der Waals surface area contributed by atoms with Crippen LogP contribution in [0.4, 0.5) is 17.1 Å². The minimum Gasteiger partial charge on any atom is -0.399 e. The molecular weight excluding hydrogens is 276 g/mol. The highest BCUT2D eigenvalue weighted by Gasteiger charge is 2.13. The van der Waals surface area contributed by atoms with E-state index in [1.54, 1.807) is 24.3 Å². The maximum absolute atomic E-state index is 12.3. The molecular formula is C14H15ClN4O. The average molecular weight is 291 g/mol. The third-order valence-electron chi connectivity index (χ3n) is 2.73. The molecule has 0 radical (unpaired) electrons. The number of nitrogens with one attached hydrogen (secondary N) is 1. The van der Waals surface area contributed by atoms with E-state index in [1.165, 1.54) is 6.20 Å². The van der Waals surface area contributed by atoms with Gasteiger partial charge in [-0.05, 0) is 30.3 Å². The van der Waals surface area contributed by atoms with E-state index in [0.717, 1.165) is 5.69 Å². The van der Waals surface area contributed by atoms with Gasteiger partial charge in [0, 0.05) is 25.5 Å². The first kappa shape index (κ1) is 14.1. The van der Waals surface area contributed by atoms with Crippen LogP contribution in [0.25, 0.3) is 0 Å². The summed E-state index contributed by atoms with van der Waals surface area (Å²) in [6, 6.07) is 8.52. The number of nitrogens with two attached hydrogens (primary N) is 1. The van der Waals surface area contributed by atoms with Crippen LogP contribution in [0.5, 0.6) is 0 Å². The van der Waals surface area contributed by atoms with Crippen molar-refractivity contribution in [3.63, 3.8) is 0 Å². The highest BCUT2D eigenvalue weighted by atomic mass is 35.5. The van der Waals surface area contributed by atoms with E-state index in [4.69, 9.17) is 17.3 Å². The third kappa shape index (κ3) is 3.19. The van der Waals surface area contributed by atoms with Gasteiger partial charge < -0.3 is 16.0 Å². The Morgan fingerprint density at radius 1 is 1.30 bits per heavy atom. The first-order chi connectivity index (χ1) is 9.47. The zero-order valence-electron chi connectivity index (χ0n) is 11.2. The van der Waals surface area contributed by atoms with E-state index in [1.807, 2.05) is 25.1 Å². The van der Waals surface area contributed by atoms with Crippen molar-refractivity contribution < 1.29 is 4.79 Å². The fourth-order valence-corrected chi connectivity index (χ4v) is 1.89. The summed E-state index contributed by atoms with van der Waals surface area (Å²) in [7, 11) is 3.73. The first-order valence-corrected chi connectivity index (χ1v) is 6.35. The van der Waals surface area contributed by atoms with Gasteiger partial charge in [-0.3, -0.25) is 4.79 Å². The summed E-state index contributed by atoms with van der Waals surface area (Å²) < 4.78 is 0. The van der Waals surface area contributed by atoms with Crippen LogP contribution in [0.15, 0.2) is 36.5 Å². The van der Waals surface area contributed by atoms with Crippen LogP contribution in [-0.4, -0.2) is 25.0 Å². The monoisotopic (exact) mass is 290 g/mol. The van der Waals surface area contributed by atoms with Crippen molar-refractivity contribution in [2.45, 2.75) is 0 Å². The van der Waals surface area contributed by atoms with Crippen LogP contribution in [0.1, 0.15) is 10.4 Å². The number of pyridine rings is 1. The minimum absolute atomic E-state index is 0.245. The van der Waals surface area contributed by atoms with E-state index in [-0.39, 0.29) is 5.91 Å². The Bertz CT molecular complexity index is 626. The largest absolute Gasteiger partial charge is 0.399 e. The van der Waals surface area contributed by atoms with Gasteiger partial charge in [-0.1, -0.05) is 11.6 Å². The molecule has 2 rings (SSSR count). The number of carbonyl (C=O) groups excluding carboxylic acids is 1. The van der Waals surface area contributed by atoms with Gasteiger partial charge in [0.05, 0.1) is 17.4 Å². The van der Waals surface area contributed by atoms with Crippen molar-refractivity contribution in [2.75, 3.05) is 30.0 Å². The molecule has 0 aliphatic rings. The molecule has 1 heterocycles. The summed E-state index contributed by atoms with van der Waals surface area (Å²) >= 11 is 5.71. The van der Waals surface area contributed by atoms with E-state index in [0.29, 0.717) is 22.1 Å². The molecule has 0 unspecified atom stereocenters. The fraction of sp³-hybridized carbons (Fsp3) is 0.143. The summed E-state index contributed by atoms with van der Waals surface area (Å²) in [5.74, 6) is -0.245. The molecule has 0 fully saturated rings. The number of hydrogen-bond donors (Lipinski definition) is 2. The number of aromatic nitrogens is 1. The molecule has 1 amide bonds. The van der Waals surface area contributed by atoms with Crippen LogP contribution >= 0.6 is 11.6 Å². The molecule has 0 saturated carbocycles. The van der Waals surface area contributed by atoms with Gasteiger partial charge in [-0.25, -0.2) is 4.98 Å². The van der Waals surface area contributed by atoms with Crippen LogP contribution in [0, 0.1) is 0 Å². The molecule has 6 heteroatoms. The third-order valence-corrected chi connectivity index (χ3v) is 2.96. The van der Waals surface area contributed by atoms with Gasteiger partial charge in [-0.2, -0.15) is 0 Å². The number of nitrogen functional groups attached to an aromatic ring is 1. The van der Waals surface area contributed by atoms with Gasteiger partial charge in [0.1, 0.15) is 5.15 Å². The number of rotatable bonds is 3. The van der Waals surface area contributed by atoms with E-state index in [2.05, 4.69) is 10.3 Å². The fourth-order valence-electron chi connectivity index (χ4n) is 1.77. The molecule has 0 spiro atoms. The van der Waals surface area contributed by atoms with Gasteiger partial charge in [0.25, 0.3) is 5.91 Å². The molecule has 104 valence electrons. The molecule has 2 aromatic rings. The molecule has 5 nitrogen and oxygen atoms in total. The van der Waals surface area contributed by atoms with Crippen molar-refractivity contribution >= 4 is 34.6 Å². The quantitative estimate of drug-likeness (QED) is 0.673. The van der Waals surface area contributed by atoms with Crippen molar-refractivity contribution in [3.05, 3.63) is 47.2 Å². The van der Waals surface area contributed by atoms with Crippen LogP contribution in [0.3, 0.4) is 0 Å². The average Bonchev–Trinajstić information content (AvgIpc) is 2.41. The van der Waals surface area contributed by atoms with Gasteiger partial charge >= 0.3 is 0 Å². The number of carbonyl (C=O) groups is 1. The number of hydrogen-bond acceptors (Lipinski definition) is 4. The zero-order chi connectivity index (χ0) is 14.7. The van der Waals surface area contributed by atoms with Gasteiger partial charge in [0.15, 0.2) is 0 Å². The van der Waals surface area contributed by atoms with Crippen molar-refractivity contribution in [1.29, 1.82) is 0 Å². The Balaban J connectivity index is 2.28. The van der Waals surface area contributed by atoms with Gasteiger partial charge in [-0.15, -0.1) is 0 Å². The second-order valence-corrected chi connectivity index (χ2v) is 4.88. The van der Waals surface area contributed by atoms with Crippen molar-refractivity contribution in [2.24, 2.45) is 0 Å². The number of amides is 1. The Morgan fingerprint density at radius 3 is 2.65 bits per heavy atom. The Morgan fingerprint density at radius 2 is 2.05 bits per heavy atom. The minimum atomic E-state index is -0.245. The summed E-state index contributed by atoms with van der Waals surface area (Å²) in [5.41, 5.74) is 8.16. The molecule has 0 aliphatic heterocycles. The topological polar surface area (TPSA) is 71.2 Å². The predicted molar refractivity (Wildman–Crippen MR) is 82.4 cm³/mol. The number of anilines is 3. The van der Waals surface area contributed by atoms with Gasteiger partial charge in [0.2, 0.25) is 0 Å². The lowest BCUT2D eigenvalue weighted by atomic mass is 10.1. The summed E-state index contributed by atoms with van der Waals surface area (Å²) in [5, 5.41) is 3.14. The lowest BCUT2D eigenvalue weighted by molar-refractivity contribution is 0.102. The molecule has 0 saturated heterocycles. The highest BCUT2D eigenvalue weighted by Crippen LogP contribution is 2.22. The van der Waals surface area contributed by atoms with Crippen molar-refractivity contribution in [3.8, 4) is 0 Å². The molecule has 1 aromatic carbocycles. The second kappa shape index (κ2) is 5.79. The second-order valence-electron chi connectivity index (χ2n) is 4.49. The maximum Gasteiger partial charge on any atom is 0.257 e. The lowest BCUT2D eigenvalue weighted by Crippen LogP contribution is -2.18. The van der Waals surface area contributed by atoms with Crippen LogP contribution in [0.2, 0.25) is 5.15 Å². The lowest BCUT2D eigenvalue weighted by Gasteiger charge is -2.17. The summed E-state index contributed by atoms with van der Waals surface area (Å²) in [6.45, 7) is 0. The number of benzene rings is 1. The van der Waals surface area contributed by atoms with E-state index >= 15 is 0 Å².